The van der Waals surface area contributed by atoms with Gasteiger partial charge in [0.1, 0.15) is 17.5 Å². The third kappa shape index (κ3) is 4.42. The van der Waals surface area contributed by atoms with Crippen LogP contribution in [-0.4, -0.2) is 72.4 Å². The van der Waals surface area contributed by atoms with Crippen LogP contribution < -0.4 is 15.0 Å². The summed E-state index contributed by atoms with van der Waals surface area (Å²) in [4.78, 5) is 29.7. The maximum absolute atomic E-state index is 13.0. The molecule has 2 aromatic rings. The lowest BCUT2D eigenvalue weighted by molar-refractivity contribution is -0.136. The molecule has 1 aliphatic rings. The maximum atomic E-state index is 13.0. The fourth-order valence-corrected chi connectivity index (χ4v) is 3.49. The smallest absolute Gasteiger partial charge is 0.271 e. The Morgan fingerprint density at radius 3 is 2.31 bits per heavy atom. The second kappa shape index (κ2) is 9.09. The molecule has 1 aliphatic heterocycles. The SMILES string of the molecule is CCN1CCN(C(=O)C(C)n2nc(-c3ccc(OC)cc3)c(OC)cc2=O)CC1. The summed E-state index contributed by atoms with van der Waals surface area (Å²) in [5.41, 5.74) is 0.907. The Kier molecular flexibility index (Phi) is 6.53. The van der Waals surface area contributed by atoms with Crippen LogP contribution in [0.5, 0.6) is 11.5 Å². The Balaban J connectivity index is 1.90. The zero-order valence-corrected chi connectivity index (χ0v) is 17.4. The van der Waals surface area contributed by atoms with E-state index in [1.807, 2.05) is 29.2 Å². The highest BCUT2D eigenvalue weighted by molar-refractivity contribution is 5.80. The van der Waals surface area contributed by atoms with Gasteiger partial charge in [0.05, 0.1) is 14.2 Å². The Morgan fingerprint density at radius 2 is 1.76 bits per heavy atom. The lowest BCUT2D eigenvalue weighted by Gasteiger charge is -2.35. The molecule has 1 saturated heterocycles. The van der Waals surface area contributed by atoms with Crippen LogP contribution in [0.25, 0.3) is 11.3 Å². The number of methoxy groups -OCH3 is 2. The molecule has 1 atom stereocenters. The number of hydrogen-bond acceptors (Lipinski definition) is 6. The molecule has 8 heteroatoms. The molecule has 2 heterocycles. The van der Waals surface area contributed by atoms with Gasteiger partial charge in [0.2, 0.25) is 5.91 Å². The average molecular weight is 400 g/mol. The Hall–Kier alpha value is -2.87. The molecule has 8 nitrogen and oxygen atoms in total. The van der Waals surface area contributed by atoms with Crippen LogP contribution >= 0.6 is 0 Å². The third-order valence-corrected chi connectivity index (χ3v) is 5.36. The maximum Gasteiger partial charge on any atom is 0.271 e. The lowest BCUT2D eigenvalue weighted by Crippen LogP contribution is -2.50. The van der Waals surface area contributed by atoms with E-state index in [1.165, 1.54) is 17.9 Å². The molecule has 1 amide bonds. The number of carbonyl (C=O) groups excluding carboxylic acids is 1. The molecule has 0 bridgehead atoms. The average Bonchev–Trinajstić information content (AvgIpc) is 2.78. The number of benzene rings is 1. The normalized spacial score (nSPS) is 15.8. The highest BCUT2D eigenvalue weighted by Gasteiger charge is 2.27. The fraction of sp³-hybridized carbons (Fsp3) is 0.476. The van der Waals surface area contributed by atoms with Gasteiger partial charge in [0.25, 0.3) is 5.56 Å². The first kappa shape index (κ1) is 20.9. The van der Waals surface area contributed by atoms with E-state index in [9.17, 15) is 9.59 Å². The highest BCUT2D eigenvalue weighted by atomic mass is 16.5. The summed E-state index contributed by atoms with van der Waals surface area (Å²) in [6.45, 7) is 7.81. The van der Waals surface area contributed by atoms with Gasteiger partial charge in [0, 0.05) is 37.8 Å². The van der Waals surface area contributed by atoms with E-state index < -0.39 is 6.04 Å². The van der Waals surface area contributed by atoms with Crippen molar-refractivity contribution in [3.05, 3.63) is 40.7 Å². The third-order valence-electron chi connectivity index (χ3n) is 5.36. The highest BCUT2D eigenvalue weighted by Crippen LogP contribution is 2.28. The molecule has 0 aliphatic carbocycles. The molecule has 156 valence electrons. The zero-order valence-electron chi connectivity index (χ0n) is 17.4. The first-order valence-electron chi connectivity index (χ1n) is 9.82. The van der Waals surface area contributed by atoms with Gasteiger partial charge in [-0.1, -0.05) is 6.92 Å². The van der Waals surface area contributed by atoms with E-state index in [0.717, 1.165) is 30.9 Å². The van der Waals surface area contributed by atoms with Crippen LogP contribution in [0.4, 0.5) is 0 Å². The molecule has 0 radical (unpaired) electrons. The van der Waals surface area contributed by atoms with Gasteiger partial charge in [-0.15, -0.1) is 0 Å². The van der Waals surface area contributed by atoms with E-state index in [1.54, 1.807) is 14.0 Å². The molecule has 0 saturated carbocycles. The van der Waals surface area contributed by atoms with Crippen molar-refractivity contribution in [2.45, 2.75) is 19.9 Å². The van der Waals surface area contributed by atoms with Gasteiger partial charge >= 0.3 is 0 Å². The lowest BCUT2D eigenvalue weighted by atomic mass is 10.1. The Labute approximate surface area is 170 Å². The summed E-state index contributed by atoms with van der Waals surface area (Å²) in [7, 11) is 3.09. The molecular formula is C21H28N4O4. The monoisotopic (exact) mass is 400 g/mol. The van der Waals surface area contributed by atoms with Crippen molar-refractivity contribution in [3.8, 4) is 22.8 Å². The fourth-order valence-electron chi connectivity index (χ4n) is 3.49. The van der Waals surface area contributed by atoms with Crippen molar-refractivity contribution >= 4 is 5.91 Å². The van der Waals surface area contributed by atoms with Crippen molar-refractivity contribution in [2.24, 2.45) is 0 Å². The first-order chi connectivity index (χ1) is 14.0. The Morgan fingerprint density at radius 1 is 1.10 bits per heavy atom. The largest absolute Gasteiger partial charge is 0.497 e. The predicted octanol–water partition coefficient (Wildman–Crippen LogP) is 1.65. The Bertz CT molecular complexity index is 902. The second-order valence-electron chi connectivity index (χ2n) is 7.01. The molecule has 1 fully saturated rings. The zero-order chi connectivity index (χ0) is 21.0. The number of ether oxygens (including phenoxy) is 2. The molecule has 1 aromatic carbocycles. The number of carbonyl (C=O) groups is 1. The minimum absolute atomic E-state index is 0.0961. The van der Waals surface area contributed by atoms with E-state index in [-0.39, 0.29) is 11.5 Å². The topological polar surface area (TPSA) is 76.9 Å². The van der Waals surface area contributed by atoms with Crippen LogP contribution in [0.2, 0.25) is 0 Å². The number of likely N-dealkylation sites (N-methyl/N-ethyl adjacent to an activating group) is 1. The number of hydrogen-bond donors (Lipinski definition) is 0. The van der Waals surface area contributed by atoms with Crippen molar-refractivity contribution in [2.75, 3.05) is 46.9 Å². The minimum atomic E-state index is -0.696. The van der Waals surface area contributed by atoms with E-state index in [4.69, 9.17) is 9.47 Å². The summed E-state index contributed by atoms with van der Waals surface area (Å²) < 4.78 is 11.8. The molecule has 3 rings (SSSR count). The summed E-state index contributed by atoms with van der Waals surface area (Å²) in [6.07, 6.45) is 0. The van der Waals surface area contributed by atoms with E-state index in [2.05, 4.69) is 16.9 Å². The molecular weight excluding hydrogens is 372 g/mol. The molecule has 1 aromatic heterocycles. The molecule has 0 N–H and O–H groups in total. The predicted molar refractivity (Wildman–Crippen MR) is 110 cm³/mol. The number of amides is 1. The first-order valence-corrected chi connectivity index (χ1v) is 9.82. The van der Waals surface area contributed by atoms with Crippen LogP contribution in [0.15, 0.2) is 35.1 Å². The van der Waals surface area contributed by atoms with Crippen LogP contribution in [0.1, 0.15) is 19.9 Å². The van der Waals surface area contributed by atoms with Crippen molar-refractivity contribution in [1.82, 2.24) is 19.6 Å². The van der Waals surface area contributed by atoms with Gasteiger partial charge in [-0.3, -0.25) is 9.59 Å². The summed E-state index contributed by atoms with van der Waals surface area (Å²) >= 11 is 0. The van der Waals surface area contributed by atoms with Gasteiger partial charge in [-0.25, -0.2) is 4.68 Å². The second-order valence-corrected chi connectivity index (χ2v) is 7.01. The molecule has 1 unspecified atom stereocenters. The number of piperazine rings is 1. The quantitative estimate of drug-likeness (QED) is 0.734. The van der Waals surface area contributed by atoms with E-state index >= 15 is 0 Å². The van der Waals surface area contributed by atoms with Crippen molar-refractivity contribution in [1.29, 1.82) is 0 Å². The molecule has 29 heavy (non-hydrogen) atoms. The van der Waals surface area contributed by atoms with Gasteiger partial charge < -0.3 is 19.3 Å². The van der Waals surface area contributed by atoms with Gasteiger partial charge in [-0.05, 0) is 37.7 Å². The van der Waals surface area contributed by atoms with Crippen LogP contribution in [0.3, 0.4) is 0 Å². The van der Waals surface area contributed by atoms with Crippen molar-refractivity contribution < 1.29 is 14.3 Å². The van der Waals surface area contributed by atoms with Crippen LogP contribution in [-0.2, 0) is 4.79 Å². The van der Waals surface area contributed by atoms with Gasteiger partial charge in [-0.2, -0.15) is 5.10 Å². The summed E-state index contributed by atoms with van der Waals surface area (Å²) in [5, 5.41) is 4.50. The standard InChI is InChI=1S/C21H28N4O4/c1-5-23-10-12-24(13-11-23)21(27)15(2)25-19(26)14-18(29-4)20(22-25)16-6-8-17(28-3)9-7-16/h6-9,14-15H,5,10-13H2,1-4H3. The summed E-state index contributed by atoms with van der Waals surface area (Å²) in [5.74, 6) is 0.990. The molecule has 0 spiro atoms. The number of nitrogens with zero attached hydrogens (tertiary/aromatic N) is 4. The summed E-state index contributed by atoms with van der Waals surface area (Å²) in [6, 6.07) is 8.00. The van der Waals surface area contributed by atoms with E-state index in [0.29, 0.717) is 24.5 Å². The van der Waals surface area contributed by atoms with Gasteiger partial charge in [0.15, 0.2) is 5.75 Å². The van der Waals surface area contributed by atoms with Crippen LogP contribution in [0, 0.1) is 0 Å². The number of aromatic nitrogens is 2. The van der Waals surface area contributed by atoms with Crippen molar-refractivity contribution in [3.63, 3.8) is 0 Å². The minimum Gasteiger partial charge on any atom is -0.497 e. The number of rotatable bonds is 6.